The molecule has 0 saturated carbocycles. The highest BCUT2D eigenvalue weighted by Crippen LogP contribution is 2.24. The average molecular weight is 365 g/mol. The van der Waals surface area contributed by atoms with Crippen molar-refractivity contribution in [1.82, 2.24) is 14.9 Å². The zero-order chi connectivity index (χ0) is 20.0. The number of hydrogen-bond acceptors (Lipinski definition) is 3. The van der Waals surface area contributed by atoms with Gasteiger partial charge >= 0.3 is 0 Å². The highest BCUT2D eigenvalue weighted by Gasteiger charge is 2.11. The quantitative estimate of drug-likeness (QED) is 0.567. The number of aromatic nitrogens is 2. The van der Waals surface area contributed by atoms with E-state index in [1.165, 1.54) is 0 Å². The summed E-state index contributed by atoms with van der Waals surface area (Å²) in [6.45, 7) is 14.0. The van der Waals surface area contributed by atoms with Crippen molar-refractivity contribution in [3.8, 4) is 0 Å². The summed E-state index contributed by atoms with van der Waals surface area (Å²) in [6, 6.07) is 4.08. The maximum absolute atomic E-state index is 12.2. The Bertz CT molecular complexity index is 917. The molecule has 2 aromatic rings. The summed E-state index contributed by atoms with van der Waals surface area (Å²) in [7, 11) is 1.64. The second kappa shape index (κ2) is 9.14. The Labute approximate surface area is 160 Å². The number of methoxy groups -OCH3 is 1. The van der Waals surface area contributed by atoms with Crippen molar-refractivity contribution in [2.75, 3.05) is 13.7 Å². The molecule has 2 aromatic heterocycles. The predicted molar refractivity (Wildman–Crippen MR) is 111 cm³/mol. The lowest BCUT2D eigenvalue weighted by Crippen LogP contribution is -2.30. The van der Waals surface area contributed by atoms with E-state index in [1.807, 2.05) is 44.3 Å². The van der Waals surface area contributed by atoms with E-state index in [2.05, 4.69) is 23.6 Å². The third-order valence-corrected chi connectivity index (χ3v) is 4.00. The lowest BCUT2D eigenvalue weighted by atomic mass is 10.0. The number of carbonyl (C=O) groups excluding carboxylic acids is 1. The first-order valence-electron chi connectivity index (χ1n) is 8.84. The van der Waals surface area contributed by atoms with Gasteiger partial charge in [-0.15, -0.1) is 0 Å². The Hall–Kier alpha value is -2.92. The number of nitrogens with zero attached hydrogens (tertiary/aromatic N) is 2. The number of hydrogen-bond donors (Lipinski definition) is 1. The van der Waals surface area contributed by atoms with E-state index in [0.29, 0.717) is 12.2 Å². The van der Waals surface area contributed by atoms with Gasteiger partial charge in [0.1, 0.15) is 0 Å². The molecule has 0 atom stereocenters. The van der Waals surface area contributed by atoms with Gasteiger partial charge in [0.2, 0.25) is 5.91 Å². The molecule has 0 aliphatic carbocycles. The molecule has 0 aromatic carbocycles. The highest BCUT2D eigenvalue weighted by atomic mass is 16.5. The molecule has 27 heavy (non-hydrogen) atoms. The Balaban J connectivity index is 2.46. The van der Waals surface area contributed by atoms with E-state index >= 15 is 0 Å². The van der Waals surface area contributed by atoms with Gasteiger partial charge in [0, 0.05) is 30.5 Å². The van der Waals surface area contributed by atoms with Crippen LogP contribution in [0.5, 0.6) is 0 Å². The Morgan fingerprint density at radius 3 is 2.81 bits per heavy atom. The molecule has 1 N–H and O–H groups in total. The maximum Gasteiger partial charge on any atom is 0.247 e. The average Bonchev–Trinajstić information content (AvgIpc) is 3.04. The molecular weight excluding hydrogens is 338 g/mol. The van der Waals surface area contributed by atoms with E-state index in [0.717, 1.165) is 27.8 Å². The van der Waals surface area contributed by atoms with Crippen LogP contribution in [0.4, 0.5) is 0 Å². The maximum atomic E-state index is 12.2. The summed E-state index contributed by atoms with van der Waals surface area (Å²) < 4.78 is 6.99. The first kappa shape index (κ1) is 20.4. The zero-order valence-corrected chi connectivity index (χ0v) is 16.5. The number of fused-ring (bicyclic) bond motifs is 1. The smallest absolute Gasteiger partial charge is 0.247 e. The van der Waals surface area contributed by atoms with Crippen molar-refractivity contribution in [3.05, 3.63) is 72.6 Å². The van der Waals surface area contributed by atoms with Gasteiger partial charge in [-0.25, -0.2) is 4.52 Å². The minimum atomic E-state index is -0.0837. The van der Waals surface area contributed by atoms with Crippen molar-refractivity contribution in [2.45, 2.75) is 26.8 Å². The first-order valence-corrected chi connectivity index (χ1v) is 8.84. The molecule has 0 spiro atoms. The first-order chi connectivity index (χ1) is 12.9. The number of amides is 1. The zero-order valence-electron chi connectivity index (χ0n) is 16.5. The number of allylic oxidation sites excluding steroid dienone is 4. The Kier molecular flexibility index (Phi) is 6.91. The number of rotatable bonds is 8. The van der Waals surface area contributed by atoms with Crippen LogP contribution in [0.1, 0.15) is 31.9 Å². The summed E-state index contributed by atoms with van der Waals surface area (Å²) in [5, 5.41) is 7.28. The van der Waals surface area contributed by atoms with Gasteiger partial charge in [-0.3, -0.25) is 4.79 Å². The van der Waals surface area contributed by atoms with E-state index in [9.17, 15) is 4.79 Å². The van der Waals surface area contributed by atoms with E-state index < -0.39 is 0 Å². The molecule has 0 unspecified atom stereocenters. The minimum absolute atomic E-state index is 0.0837. The van der Waals surface area contributed by atoms with Gasteiger partial charge < -0.3 is 10.1 Å². The molecule has 2 heterocycles. The molecule has 2 rings (SSSR count). The normalized spacial score (nSPS) is 12.5. The fourth-order valence-corrected chi connectivity index (χ4v) is 2.71. The third kappa shape index (κ3) is 5.05. The van der Waals surface area contributed by atoms with Gasteiger partial charge in [-0.2, -0.15) is 5.10 Å². The fraction of sp³-hybridized carbons (Fsp3) is 0.273. The summed E-state index contributed by atoms with van der Waals surface area (Å²) in [5.74, 6) is -0.0837. The highest BCUT2D eigenvalue weighted by molar-refractivity contribution is 5.96. The van der Waals surface area contributed by atoms with Crippen LogP contribution in [0.3, 0.4) is 0 Å². The van der Waals surface area contributed by atoms with Crippen LogP contribution in [0, 0.1) is 0 Å². The van der Waals surface area contributed by atoms with Crippen LogP contribution < -0.4 is 5.32 Å². The molecular formula is C22H27N3O2. The Morgan fingerprint density at radius 2 is 2.19 bits per heavy atom. The Morgan fingerprint density at radius 1 is 1.44 bits per heavy atom. The lowest BCUT2D eigenvalue weighted by Gasteiger charge is -2.10. The van der Waals surface area contributed by atoms with Crippen molar-refractivity contribution in [1.29, 1.82) is 0 Å². The van der Waals surface area contributed by atoms with Crippen LogP contribution in [-0.4, -0.2) is 35.3 Å². The monoisotopic (exact) mass is 365 g/mol. The van der Waals surface area contributed by atoms with Crippen molar-refractivity contribution < 1.29 is 9.53 Å². The van der Waals surface area contributed by atoms with Crippen LogP contribution in [-0.2, 0) is 9.53 Å². The summed E-state index contributed by atoms with van der Waals surface area (Å²) in [4.78, 5) is 12.2. The molecule has 0 aliphatic rings. The SMILES string of the molecule is C=C/C=C(\C=C(/C)C(=O)NC(C)C)c1ccn2ncc(C(=C)COC)c2c1. The van der Waals surface area contributed by atoms with Crippen molar-refractivity contribution >= 4 is 22.6 Å². The van der Waals surface area contributed by atoms with Crippen LogP contribution in [0.25, 0.3) is 16.7 Å². The van der Waals surface area contributed by atoms with Gasteiger partial charge in [0.05, 0.1) is 18.3 Å². The second-order valence-electron chi connectivity index (χ2n) is 6.65. The van der Waals surface area contributed by atoms with Gasteiger partial charge in [0.15, 0.2) is 0 Å². The number of nitrogens with one attached hydrogen (secondary N) is 1. The van der Waals surface area contributed by atoms with Crippen LogP contribution in [0.15, 0.2) is 61.5 Å². The standard InChI is InChI=1S/C22H27N3O2/c1-7-8-18(11-16(4)22(26)24-15(2)3)19-9-10-25-21(12-19)20(13-23-25)17(5)14-27-6/h7-13,15H,1,5,14H2,2-4,6H3,(H,24,26)/b16-11+,18-8+. The van der Waals surface area contributed by atoms with E-state index in [1.54, 1.807) is 30.8 Å². The molecule has 5 heteroatoms. The number of carbonyl (C=O) groups is 1. The lowest BCUT2D eigenvalue weighted by molar-refractivity contribution is -0.117. The predicted octanol–water partition coefficient (Wildman–Crippen LogP) is 4.03. The second-order valence-corrected chi connectivity index (χ2v) is 6.65. The third-order valence-electron chi connectivity index (χ3n) is 4.00. The molecule has 0 bridgehead atoms. The van der Waals surface area contributed by atoms with Crippen molar-refractivity contribution in [3.63, 3.8) is 0 Å². The molecule has 5 nitrogen and oxygen atoms in total. The topological polar surface area (TPSA) is 55.6 Å². The molecule has 0 aliphatic heterocycles. The van der Waals surface area contributed by atoms with Crippen molar-refractivity contribution in [2.24, 2.45) is 0 Å². The van der Waals surface area contributed by atoms with Gasteiger partial charge in [-0.05, 0) is 55.7 Å². The summed E-state index contributed by atoms with van der Waals surface area (Å²) >= 11 is 0. The summed E-state index contributed by atoms with van der Waals surface area (Å²) in [6.07, 6.45) is 9.14. The largest absolute Gasteiger partial charge is 0.380 e. The van der Waals surface area contributed by atoms with E-state index in [4.69, 9.17) is 4.74 Å². The van der Waals surface area contributed by atoms with E-state index in [-0.39, 0.29) is 11.9 Å². The van der Waals surface area contributed by atoms with Crippen LogP contribution >= 0.6 is 0 Å². The molecule has 142 valence electrons. The molecule has 1 amide bonds. The molecule has 0 radical (unpaired) electrons. The minimum Gasteiger partial charge on any atom is -0.380 e. The number of pyridine rings is 1. The van der Waals surface area contributed by atoms with Gasteiger partial charge in [0.25, 0.3) is 0 Å². The summed E-state index contributed by atoms with van der Waals surface area (Å²) in [5.41, 5.74) is 5.23. The fourth-order valence-electron chi connectivity index (χ4n) is 2.71. The number of ether oxygens (including phenoxy) is 1. The van der Waals surface area contributed by atoms with Gasteiger partial charge in [-0.1, -0.05) is 25.3 Å². The van der Waals surface area contributed by atoms with Crippen LogP contribution in [0.2, 0.25) is 0 Å². The molecule has 0 fully saturated rings. The molecule has 0 saturated heterocycles.